The molecule has 2 aromatic rings. The minimum absolute atomic E-state index is 0.00763. The number of aryl methyl sites for hydroxylation is 2. The van der Waals surface area contributed by atoms with E-state index < -0.39 is 6.10 Å². The molecule has 1 saturated carbocycles. The average Bonchev–Trinajstić information content (AvgIpc) is 3.39. The number of aliphatic hydroxyl groups excluding tert-OH is 1. The molecule has 28 heavy (non-hydrogen) atoms. The Hall–Kier alpha value is -1.28. The summed E-state index contributed by atoms with van der Waals surface area (Å²) in [5.41, 5.74) is 0.953. The fraction of sp³-hybridized carbons (Fsp3) is 0.714. The summed E-state index contributed by atoms with van der Waals surface area (Å²) in [6, 6.07) is 0.460. The second-order valence-corrected chi connectivity index (χ2v) is 10.2. The van der Waals surface area contributed by atoms with Gasteiger partial charge in [-0.05, 0) is 64.9 Å². The Morgan fingerprint density at radius 1 is 1.32 bits per heavy atom. The SMILES string of the molecule is CC(C)(C)OCC(O)CN(Cc1nc2sc3c(c2c(=O)[nH]1)CCCC3)C1CC1. The first-order chi connectivity index (χ1) is 13.3. The van der Waals surface area contributed by atoms with E-state index in [4.69, 9.17) is 9.72 Å². The molecule has 1 atom stereocenters. The van der Waals surface area contributed by atoms with Crippen molar-refractivity contribution in [2.75, 3.05) is 13.2 Å². The highest BCUT2D eigenvalue weighted by Crippen LogP contribution is 2.34. The van der Waals surface area contributed by atoms with Crippen LogP contribution in [0.4, 0.5) is 0 Å². The van der Waals surface area contributed by atoms with Crippen LogP contribution in [0.2, 0.25) is 0 Å². The number of nitrogens with zero attached hydrogens (tertiary/aromatic N) is 2. The van der Waals surface area contributed by atoms with Crippen molar-refractivity contribution in [1.29, 1.82) is 0 Å². The molecule has 2 aliphatic carbocycles. The number of aliphatic hydroxyl groups is 1. The zero-order valence-corrected chi connectivity index (χ0v) is 17.9. The van der Waals surface area contributed by atoms with E-state index >= 15 is 0 Å². The number of hydrogen-bond donors (Lipinski definition) is 2. The van der Waals surface area contributed by atoms with Crippen molar-refractivity contribution in [2.24, 2.45) is 0 Å². The van der Waals surface area contributed by atoms with Gasteiger partial charge in [0.1, 0.15) is 10.7 Å². The molecule has 0 aliphatic heterocycles. The third-order valence-electron chi connectivity index (χ3n) is 5.44. The van der Waals surface area contributed by atoms with Crippen LogP contribution in [0.5, 0.6) is 0 Å². The van der Waals surface area contributed by atoms with E-state index in [1.807, 2.05) is 20.8 Å². The fourth-order valence-electron chi connectivity index (χ4n) is 3.93. The number of aromatic nitrogens is 2. The van der Waals surface area contributed by atoms with Gasteiger partial charge in [0.2, 0.25) is 0 Å². The van der Waals surface area contributed by atoms with Crippen LogP contribution in [0.1, 0.15) is 62.7 Å². The van der Waals surface area contributed by atoms with Crippen LogP contribution in [-0.2, 0) is 24.1 Å². The van der Waals surface area contributed by atoms with E-state index in [9.17, 15) is 9.90 Å². The van der Waals surface area contributed by atoms with E-state index in [1.165, 1.54) is 16.9 Å². The van der Waals surface area contributed by atoms with Gasteiger partial charge in [-0.2, -0.15) is 0 Å². The van der Waals surface area contributed by atoms with Crippen LogP contribution in [0, 0.1) is 0 Å². The van der Waals surface area contributed by atoms with E-state index in [0.29, 0.717) is 31.6 Å². The molecule has 6 nitrogen and oxygen atoms in total. The van der Waals surface area contributed by atoms with E-state index in [2.05, 4.69) is 9.88 Å². The van der Waals surface area contributed by atoms with Crippen LogP contribution in [0.25, 0.3) is 10.2 Å². The molecule has 2 N–H and O–H groups in total. The molecule has 0 radical (unpaired) electrons. The Kier molecular flexibility index (Phi) is 5.62. The molecular weight excluding hydrogens is 374 g/mol. The molecule has 4 rings (SSSR count). The molecule has 1 unspecified atom stereocenters. The largest absolute Gasteiger partial charge is 0.389 e. The predicted molar refractivity (Wildman–Crippen MR) is 112 cm³/mol. The topological polar surface area (TPSA) is 78.5 Å². The van der Waals surface area contributed by atoms with Crippen LogP contribution in [0.3, 0.4) is 0 Å². The third-order valence-corrected chi connectivity index (χ3v) is 6.63. The summed E-state index contributed by atoms with van der Waals surface area (Å²) in [5, 5.41) is 11.2. The second-order valence-electron chi connectivity index (χ2n) is 9.14. The Bertz CT molecular complexity index is 895. The van der Waals surface area contributed by atoms with Crippen molar-refractivity contribution in [1.82, 2.24) is 14.9 Å². The number of H-pyrrole nitrogens is 1. The van der Waals surface area contributed by atoms with Crippen LogP contribution in [0.15, 0.2) is 4.79 Å². The summed E-state index contributed by atoms with van der Waals surface area (Å²) in [6.07, 6.45) is 6.13. The van der Waals surface area contributed by atoms with Gasteiger partial charge >= 0.3 is 0 Å². The van der Waals surface area contributed by atoms with Crippen molar-refractivity contribution in [2.45, 2.75) is 83.6 Å². The summed E-state index contributed by atoms with van der Waals surface area (Å²) in [6.45, 7) is 7.37. The molecule has 154 valence electrons. The van der Waals surface area contributed by atoms with Crippen LogP contribution in [-0.4, -0.2) is 50.9 Å². The van der Waals surface area contributed by atoms with Crippen molar-refractivity contribution < 1.29 is 9.84 Å². The summed E-state index contributed by atoms with van der Waals surface area (Å²) in [7, 11) is 0. The number of nitrogens with one attached hydrogen (secondary N) is 1. The fourth-order valence-corrected chi connectivity index (χ4v) is 5.21. The molecule has 0 spiro atoms. The third kappa shape index (κ3) is 4.64. The predicted octanol–water partition coefficient (Wildman–Crippen LogP) is 3.00. The van der Waals surface area contributed by atoms with Crippen molar-refractivity contribution >= 4 is 21.6 Å². The lowest BCUT2D eigenvalue weighted by Crippen LogP contribution is -2.38. The van der Waals surface area contributed by atoms with Crippen LogP contribution >= 0.6 is 11.3 Å². The molecule has 2 aliphatic rings. The van der Waals surface area contributed by atoms with Crippen LogP contribution < -0.4 is 5.56 Å². The lowest BCUT2D eigenvalue weighted by Gasteiger charge is -2.27. The minimum Gasteiger partial charge on any atom is -0.389 e. The molecule has 7 heteroatoms. The summed E-state index contributed by atoms with van der Waals surface area (Å²) in [4.78, 5) is 25.0. The number of aromatic amines is 1. The Labute approximate surface area is 169 Å². The van der Waals surface area contributed by atoms with Crippen molar-refractivity contribution in [3.63, 3.8) is 0 Å². The zero-order valence-electron chi connectivity index (χ0n) is 17.1. The van der Waals surface area contributed by atoms with Gasteiger partial charge < -0.3 is 14.8 Å². The Balaban J connectivity index is 1.50. The Morgan fingerprint density at radius 3 is 2.79 bits per heavy atom. The lowest BCUT2D eigenvalue weighted by molar-refractivity contribution is -0.0574. The Morgan fingerprint density at radius 2 is 2.07 bits per heavy atom. The summed E-state index contributed by atoms with van der Waals surface area (Å²) >= 11 is 1.68. The van der Waals surface area contributed by atoms with Gasteiger partial charge in [0, 0.05) is 17.5 Å². The quantitative estimate of drug-likeness (QED) is 0.740. The smallest absolute Gasteiger partial charge is 0.259 e. The van der Waals surface area contributed by atoms with E-state index in [1.54, 1.807) is 11.3 Å². The molecule has 0 bridgehead atoms. The molecule has 2 heterocycles. The van der Waals surface area contributed by atoms with Gasteiger partial charge in [0.25, 0.3) is 5.56 Å². The number of rotatable bonds is 7. The first-order valence-corrected chi connectivity index (χ1v) is 11.2. The van der Waals surface area contributed by atoms with Crippen molar-refractivity contribution in [3.8, 4) is 0 Å². The van der Waals surface area contributed by atoms with E-state index in [0.717, 1.165) is 42.3 Å². The highest BCUT2D eigenvalue weighted by atomic mass is 32.1. The zero-order chi connectivity index (χ0) is 19.9. The first kappa shape index (κ1) is 20.0. The highest BCUT2D eigenvalue weighted by molar-refractivity contribution is 7.18. The maximum atomic E-state index is 12.8. The molecule has 0 aromatic carbocycles. The maximum absolute atomic E-state index is 12.8. The van der Waals surface area contributed by atoms with E-state index in [-0.39, 0.29) is 11.2 Å². The number of thiophene rings is 1. The average molecular weight is 406 g/mol. The summed E-state index contributed by atoms with van der Waals surface area (Å²) in [5.74, 6) is 0.701. The summed E-state index contributed by atoms with van der Waals surface area (Å²) < 4.78 is 5.72. The van der Waals surface area contributed by atoms with Gasteiger partial charge in [-0.1, -0.05) is 0 Å². The number of fused-ring (bicyclic) bond motifs is 3. The molecular formula is C21H31N3O3S. The van der Waals surface area contributed by atoms with Gasteiger partial charge in [0.05, 0.1) is 30.2 Å². The lowest BCUT2D eigenvalue weighted by atomic mass is 9.97. The normalized spacial score (nSPS) is 18.6. The molecule has 0 saturated heterocycles. The first-order valence-electron chi connectivity index (χ1n) is 10.4. The molecule has 1 fully saturated rings. The van der Waals surface area contributed by atoms with Gasteiger partial charge in [0.15, 0.2) is 0 Å². The number of hydrogen-bond acceptors (Lipinski definition) is 6. The molecule has 2 aromatic heterocycles. The monoisotopic (exact) mass is 405 g/mol. The second kappa shape index (κ2) is 7.86. The van der Waals surface area contributed by atoms with Gasteiger partial charge in [-0.25, -0.2) is 4.98 Å². The number of ether oxygens (including phenoxy) is 1. The highest BCUT2D eigenvalue weighted by Gasteiger charge is 2.31. The maximum Gasteiger partial charge on any atom is 0.259 e. The van der Waals surface area contributed by atoms with Crippen molar-refractivity contribution in [3.05, 3.63) is 26.6 Å². The van der Waals surface area contributed by atoms with Gasteiger partial charge in [-0.15, -0.1) is 11.3 Å². The standard InChI is InChI=1S/C21H31N3O3S/c1-21(2,3)27-12-14(25)10-24(13-8-9-13)11-17-22-19(26)18-15-6-4-5-7-16(15)28-20(18)23-17/h13-14,25H,4-12H2,1-3H3,(H,22,23,26). The van der Waals surface area contributed by atoms with Gasteiger partial charge in [-0.3, -0.25) is 9.69 Å². The molecule has 0 amide bonds. The minimum atomic E-state index is -0.552.